The lowest BCUT2D eigenvalue weighted by Crippen LogP contribution is -2.45. The second-order valence-electron chi connectivity index (χ2n) is 5.07. The molecule has 0 bridgehead atoms. The second-order valence-corrected chi connectivity index (χ2v) is 5.51. The van der Waals surface area contributed by atoms with Crippen molar-refractivity contribution in [2.75, 3.05) is 53.5 Å². The van der Waals surface area contributed by atoms with Crippen LogP contribution in [-0.2, 0) is 6.54 Å². The SMILES string of the molecule is COc1cc(Cl)cc(CNCCN2CCNCC2)c1OC. The van der Waals surface area contributed by atoms with E-state index in [0.717, 1.165) is 50.6 Å². The fraction of sp³-hybridized carbons (Fsp3) is 0.600. The standard InChI is InChI=1S/C15H24ClN3O2/c1-20-14-10-13(16)9-12(15(14)21-2)11-18-5-8-19-6-3-17-4-7-19/h9-10,17-18H,3-8,11H2,1-2H3. The van der Waals surface area contributed by atoms with Crippen molar-refractivity contribution in [2.45, 2.75) is 6.54 Å². The van der Waals surface area contributed by atoms with E-state index in [1.165, 1.54) is 0 Å². The van der Waals surface area contributed by atoms with Gasteiger partial charge in [-0.05, 0) is 6.07 Å². The third-order valence-electron chi connectivity index (χ3n) is 3.65. The van der Waals surface area contributed by atoms with Crippen LogP contribution in [-0.4, -0.2) is 58.4 Å². The van der Waals surface area contributed by atoms with Crippen molar-refractivity contribution in [1.29, 1.82) is 0 Å². The molecule has 1 aliphatic heterocycles. The molecular formula is C15H24ClN3O2. The Balaban J connectivity index is 1.85. The smallest absolute Gasteiger partial charge is 0.165 e. The minimum Gasteiger partial charge on any atom is -0.493 e. The third kappa shape index (κ3) is 4.74. The van der Waals surface area contributed by atoms with Crippen LogP contribution < -0.4 is 20.1 Å². The Kier molecular flexibility index (Phi) is 6.57. The Morgan fingerprint density at radius 1 is 1.24 bits per heavy atom. The van der Waals surface area contributed by atoms with Crippen LogP contribution in [0.25, 0.3) is 0 Å². The summed E-state index contributed by atoms with van der Waals surface area (Å²) in [5, 5.41) is 7.46. The van der Waals surface area contributed by atoms with Gasteiger partial charge in [-0.15, -0.1) is 0 Å². The van der Waals surface area contributed by atoms with Crippen molar-refractivity contribution in [3.05, 3.63) is 22.7 Å². The van der Waals surface area contributed by atoms with Gasteiger partial charge in [0.1, 0.15) is 0 Å². The highest BCUT2D eigenvalue weighted by molar-refractivity contribution is 6.30. The molecule has 1 heterocycles. The number of benzene rings is 1. The summed E-state index contributed by atoms with van der Waals surface area (Å²) >= 11 is 6.11. The molecule has 1 fully saturated rings. The van der Waals surface area contributed by atoms with Gasteiger partial charge in [0.05, 0.1) is 14.2 Å². The van der Waals surface area contributed by atoms with E-state index >= 15 is 0 Å². The lowest BCUT2D eigenvalue weighted by molar-refractivity contribution is 0.241. The number of piperazine rings is 1. The highest BCUT2D eigenvalue weighted by Gasteiger charge is 2.12. The molecule has 1 aliphatic rings. The first-order chi connectivity index (χ1) is 10.2. The van der Waals surface area contributed by atoms with Crippen molar-refractivity contribution < 1.29 is 9.47 Å². The second kappa shape index (κ2) is 8.44. The van der Waals surface area contributed by atoms with Crippen LogP contribution in [0.3, 0.4) is 0 Å². The van der Waals surface area contributed by atoms with Crippen molar-refractivity contribution in [3.63, 3.8) is 0 Å². The first-order valence-electron chi connectivity index (χ1n) is 7.28. The summed E-state index contributed by atoms with van der Waals surface area (Å²) < 4.78 is 10.7. The zero-order valence-electron chi connectivity index (χ0n) is 12.7. The van der Waals surface area contributed by atoms with Crippen LogP contribution in [0.15, 0.2) is 12.1 Å². The molecule has 0 amide bonds. The van der Waals surface area contributed by atoms with E-state index in [4.69, 9.17) is 21.1 Å². The first-order valence-corrected chi connectivity index (χ1v) is 7.66. The Labute approximate surface area is 131 Å². The molecule has 1 aromatic carbocycles. The molecule has 0 atom stereocenters. The van der Waals surface area contributed by atoms with Gasteiger partial charge in [-0.2, -0.15) is 0 Å². The molecule has 5 nitrogen and oxygen atoms in total. The molecule has 21 heavy (non-hydrogen) atoms. The van der Waals surface area contributed by atoms with Gasteiger partial charge in [-0.1, -0.05) is 11.6 Å². The lowest BCUT2D eigenvalue weighted by Gasteiger charge is -2.27. The summed E-state index contributed by atoms with van der Waals surface area (Å²) in [5.41, 5.74) is 1.02. The van der Waals surface area contributed by atoms with Crippen molar-refractivity contribution in [1.82, 2.24) is 15.5 Å². The van der Waals surface area contributed by atoms with Gasteiger partial charge < -0.3 is 20.1 Å². The fourth-order valence-corrected chi connectivity index (χ4v) is 2.76. The molecule has 1 aromatic rings. The molecule has 0 radical (unpaired) electrons. The van der Waals surface area contributed by atoms with Crippen LogP contribution in [0.2, 0.25) is 5.02 Å². The summed E-state index contributed by atoms with van der Waals surface area (Å²) in [6.07, 6.45) is 0. The number of ether oxygens (including phenoxy) is 2. The number of hydrogen-bond acceptors (Lipinski definition) is 5. The van der Waals surface area contributed by atoms with Gasteiger partial charge >= 0.3 is 0 Å². The number of hydrogen-bond donors (Lipinski definition) is 2. The number of methoxy groups -OCH3 is 2. The van der Waals surface area contributed by atoms with E-state index in [9.17, 15) is 0 Å². The summed E-state index contributed by atoms with van der Waals surface area (Å²) in [6.45, 7) is 7.12. The largest absolute Gasteiger partial charge is 0.493 e. The molecule has 118 valence electrons. The quantitative estimate of drug-likeness (QED) is 0.744. The maximum Gasteiger partial charge on any atom is 0.165 e. The van der Waals surface area contributed by atoms with Gasteiger partial charge in [-0.25, -0.2) is 0 Å². The zero-order chi connectivity index (χ0) is 15.1. The van der Waals surface area contributed by atoms with Crippen LogP contribution in [0.1, 0.15) is 5.56 Å². The number of nitrogens with zero attached hydrogens (tertiary/aromatic N) is 1. The monoisotopic (exact) mass is 313 g/mol. The lowest BCUT2D eigenvalue weighted by atomic mass is 10.2. The molecule has 0 aliphatic carbocycles. The molecule has 6 heteroatoms. The summed E-state index contributed by atoms with van der Waals surface area (Å²) in [6, 6.07) is 3.69. The molecule has 2 rings (SSSR count). The van der Waals surface area contributed by atoms with Gasteiger partial charge in [-0.3, -0.25) is 4.90 Å². The molecule has 0 aromatic heterocycles. The number of rotatable bonds is 7. The van der Waals surface area contributed by atoms with E-state index in [1.807, 2.05) is 6.07 Å². The Bertz CT molecular complexity index is 451. The van der Waals surface area contributed by atoms with E-state index in [1.54, 1.807) is 20.3 Å². The number of nitrogens with one attached hydrogen (secondary N) is 2. The molecule has 2 N–H and O–H groups in total. The van der Waals surface area contributed by atoms with E-state index in [-0.39, 0.29) is 0 Å². The Morgan fingerprint density at radius 2 is 2.00 bits per heavy atom. The van der Waals surface area contributed by atoms with Gasteiger partial charge in [0.2, 0.25) is 0 Å². The average Bonchev–Trinajstić information content (AvgIpc) is 2.52. The van der Waals surface area contributed by atoms with Crippen LogP contribution in [0, 0.1) is 0 Å². The summed E-state index contributed by atoms with van der Waals surface area (Å²) in [5.74, 6) is 1.42. The zero-order valence-corrected chi connectivity index (χ0v) is 13.5. The van der Waals surface area contributed by atoms with Gasteiger partial charge in [0.25, 0.3) is 0 Å². The first kappa shape index (κ1) is 16.4. The van der Waals surface area contributed by atoms with Crippen molar-refractivity contribution >= 4 is 11.6 Å². The van der Waals surface area contributed by atoms with E-state index < -0.39 is 0 Å². The van der Waals surface area contributed by atoms with Crippen molar-refractivity contribution in [2.24, 2.45) is 0 Å². The Morgan fingerprint density at radius 3 is 2.67 bits per heavy atom. The van der Waals surface area contributed by atoms with E-state index in [0.29, 0.717) is 17.3 Å². The predicted molar refractivity (Wildman–Crippen MR) is 85.6 cm³/mol. The minimum atomic E-state index is 0.659. The molecule has 0 saturated carbocycles. The van der Waals surface area contributed by atoms with Crippen LogP contribution >= 0.6 is 11.6 Å². The topological polar surface area (TPSA) is 45.8 Å². The molecule has 1 saturated heterocycles. The van der Waals surface area contributed by atoms with Gasteiger partial charge in [0, 0.05) is 62.5 Å². The average molecular weight is 314 g/mol. The maximum absolute atomic E-state index is 6.11. The number of halogens is 1. The highest BCUT2D eigenvalue weighted by Crippen LogP contribution is 2.34. The van der Waals surface area contributed by atoms with Gasteiger partial charge in [0.15, 0.2) is 11.5 Å². The summed E-state index contributed by atoms with van der Waals surface area (Å²) in [4.78, 5) is 2.46. The van der Waals surface area contributed by atoms with Crippen LogP contribution in [0.4, 0.5) is 0 Å². The predicted octanol–water partition coefficient (Wildman–Crippen LogP) is 1.35. The Hall–Kier alpha value is -1.01. The molecule has 0 spiro atoms. The molecular weight excluding hydrogens is 290 g/mol. The fourth-order valence-electron chi connectivity index (χ4n) is 2.53. The normalized spacial score (nSPS) is 16.0. The third-order valence-corrected chi connectivity index (χ3v) is 3.87. The van der Waals surface area contributed by atoms with E-state index in [2.05, 4.69) is 15.5 Å². The van der Waals surface area contributed by atoms with Crippen molar-refractivity contribution in [3.8, 4) is 11.5 Å². The molecule has 0 unspecified atom stereocenters. The summed E-state index contributed by atoms with van der Waals surface area (Å²) in [7, 11) is 3.27. The van der Waals surface area contributed by atoms with Crippen LogP contribution in [0.5, 0.6) is 11.5 Å². The highest BCUT2D eigenvalue weighted by atomic mass is 35.5. The minimum absolute atomic E-state index is 0.659. The maximum atomic E-state index is 6.11.